The number of aryl methyl sites for hydroxylation is 1. The van der Waals surface area contributed by atoms with Crippen LogP contribution in [0, 0.1) is 6.92 Å². The second-order valence-electron chi connectivity index (χ2n) is 5.64. The Balaban J connectivity index is 1.62. The molecule has 0 saturated carbocycles. The van der Waals surface area contributed by atoms with Gasteiger partial charge in [-0.3, -0.25) is 0 Å². The van der Waals surface area contributed by atoms with E-state index in [0.717, 1.165) is 18.7 Å². The minimum Gasteiger partial charge on any atom is -0.348 e. The lowest BCUT2D eigenvalue weighted by Crippen LogP contribution is -2.45. The van der Waals surface area contributed by atoms with Crippen molar-refractivity contribution >= 4 is 6.03 Å². The molecule has 2 amide bonds. The van der Waals surface area contributed by atoms with Gasteiger partial charge in [0.2, 0.25) is 0 Å². The van der Waals surface area contributed by atoms with Crippen molar-refractivity contribution in [3.8, 4) is 0 Å². The molecule has 0 radical (unpaired) electrons. The molecule has 3 rings (SSSR count). The van der Waals surface area contributed by atoms with Crippen LogP contribution in [0.4, 0.5) is 4.79 Å². The van der Waals surface area contributed by atoms with E-state index < -0.39 is 0 Å². The summed E-state index contributed by atoms with van der Waals surface area (Å²) in [5, 5.41) is 3.02. The van der Waals surface area contributed by atoms with E-state index in [1.165, 1.54) is 11.3 Å². The standard InChI is InChI=1S/C17H21N3O/c1-13-5-7-15(8-6-13)12-18-17(21)20-11-10-19-9-3-4-16(19)14(20)2/h3-9,14H,10-12H2,1-2H3,(H,18,21). The van der Waals surface area contributed by atoms with Gasteiger partial charge in [-0.1, -0.05) is 29.8 Å². The van der Waals surface area contributed by atoms with Gasteiger partial charge >= 0.3 is 6.03 Å². The molecule has 1 aromatic carbocycles. The number of hydrogen-bond donors (Lipinski definition) is 1. The molecule has 1 atom stereocenters. The summed E-state index contributed by atoms with van der Waals surface area (Å²) in [4.78, 5) is 14.3. The first-order valence-electron chi connectivity index (χ1n) is 7.40. The monoisotopic (exact) mass is 283 g/mol. The number of benzene rings is 1. The van der Waals surface area contributed by atoms with Crippen LogP contribution in [0.25, 0.3) is 0 Å². The quantitative estimate of drug-likeness (QED) is 0.903. The van der Waals surface area contributed by atoms with Crippen LogP contribution < -0.4 is 5.32 Å². The van der Waals surface area contributed by atoms with Crippen molar-refractivity contribution in [3.63, 3.8) is 0 Å². The maximum Gasteiger partial charge on any atom is 0.318 e. The van der Waals surface area contributed by atoms with Gasteiger partial charge in [-0.15, -0.1) is 0 Å². The van der Waals surface area contributed by atoms with Crippen LogP contribution in [0.5, 0.6) is 0 Å². The molecule has 0 fully saturated rings. The summed E-state index contributed by atoms with van der Waals surface area (Å²) in [5.41, 5.74) is 3.56. The Labute approximate surface area is 125 Å². The fourth-order valence-electron chi connectivity index (χ4n) is 2.84. The fraction of sp³-hybridized carbons (Fsp3) is 0.353. The number of fused-ring (bicyclic) bond motifs is 1. The van der Waals surface area contributed by atoms with Gasteiger partial charge in [-0.05, 0) is 31.5 Å². The minimum absolute atomic E-state index is 0.00975. The highest BCUT2D eigenvalue weighted by atomic mass is 16.2. The molecule has 0 spiro atoms. The number of carbonyl (C=O) groups excluding carboxylic acids is 1. The Bertz CT molecular complexity index is 630. The van der Waals surface area contributed by atoms with Crippen molar-refractivity contribution in [2.75, 3.05) is 6.54 Å². The molecule has 110 valence electrons. The first-order valence-corrected chi connectivity index (χ1v) is 7.40. The normalized spacial score (nSPS) is 17.4. The third kappa shape index (κ3) is 2.79. The van der Waals surface area contributed by atoms with E-state index in [0.29, 0.717) is 6.54 Å². The van der Waals surface area contributed by atoms with E-state index in [4.69, 9.17) is 0 Å². The number of aromatic nitrogens is 1. The Morgan fingerprint density at radius 1 is 1.24 bits per heavy atom. The average molecular weight is 283 g/mol. The van der Waals surface area contributed by atoms with Crippen LogP contribution >= 0.6 is 0 Å². The highest BCUT2D eigenvalue weighted by molar-refractivity contribution is 5.74. The zero-order valence-corrected chi connectivity index (χ0v) is 12.5. The Hall–Kier alpha value is -2.23. The van der Waals surface area contributed by atoms with Crippen molar-refractivity contribution in [3.05, 3.63) is 59.4 Å². The zero-order valence-electron chi connectivity index (χ0n) is 12.5. The van der Waals surface area contributed by atoms with E-state index in [9.17, 15) is 4.79 Å². The maximum absolute atomic E-state index is 12.4. The van der Waals surface area contributed by atoms with Crippen LogP contribution in [0.15, 0.2) is 42.6 Å². The molecular formula is C17H21N3O. The highest BCUT2D eigenvalue weighted by Crippen LogP contribution is 2.25. The lowest BCUT2D eigenvalue weighted by atomic mass is 10.1. The number of hydrogen-bond acceptors (Lipinski definition) is 1. The molecule has 0 bridgehead atoms. The van der Waals surface area contributed by atoms with Gasteiger partial charge in [0.15, 0.2) is 0 Å². The smallest absolute Gasteiger partial charge is 0.318 e. The first kappa shape index (κ1) is 13.7. The SMILES string of the molecule is Cc1ccc(CNC(=O)N2CCn3cccc3C2C)cc1. The first-order chi connectivity index (χ1) is 10.1. The number of urea groups is 1. The van der Waals surface area contributed by atoms with Gasteiger partial charge in [-0.2, -0.15) is 0 Å². The van der Waals surface area contributed by atoms with Crippen LogP contribution in [-0.4, -0.2) is 22.0 Å². The fourth-order valence-corrected chi connectivity index (χ4v) is 2.84. The summed E-state index contributed by atoms with van der Waals surface area (Å²) in [6.07, 6.45) is 2.08. The molecule has 2 heterocycles. The summed E-state index contributed by atoms with van der Waals surface area (Å²) in [6.45, 7) is 6.33. The van der Waals surface area contributed by atoms with Crippen molar-refractivity contribution in [1.29, 1.82) is 0 Å². The van der Waals surface area contributed by atoms with E-state index >= 15 is 0 Å². The van der Waals surface area contributed by atoms with Crippen LogP contribution in [0.3, 0.4) is 0 Å². The summed E-state index contributed by atoms with van der Waals surface area (Å²) in [5.74, 6) is 0. The van der Waals surface area contributed by atoms with E-state index in [1.54, 1.807) is 0 Å². The highest BCUT2D eigenvalue weighted by Gasteiger charge is 2.26. The van der Waals surface area contributed by atoms with Crippen molar-refractivity contribution in [2.24, 2.45) is 0 Å². The number of carbonyl (C=O) groups is 1. The molecule has 21 heavy (non-hydrogen) atoms. The number of nitrogens with zero attached hydrogens (tertiary/aromatic N) is 2. The summed E-state index contributed by atoms with van der Waals surface area (Å²) >= 11 is 0. The average Bonchev–Trinajstić information content (AvgIpc) is 2.96. The zero-order chi connectivity index (χ0) is 14.8. The minimum atomic E-state index is 0.00975. The summed E-state index contributed by atoms with van der Waals surface area (Å²) < 4.78 is 2.22. The van der Waals surface area contributed by atoms with Gasteiger partial charge in [-0.25, -0.2) is 4.79 Å². The molecule has 0 aliphatic carbocycles. The molecule has 1 aliphatic rings. The van der Waals surface area contributed by atoms with Crippen molar-refractivity contribution in [1.82, 2.24) is 14.8 Å². The van der Waals surface area contributed by atoms with Gasteiger partial charge in [0.1, 0.15) is 0 Å². The summed E-state index contributed by atoms with van der Waals surface area (Å²) in [7, 11) is 0. The largest absolute Gasteiger partial charge is 0.348 e. The molecular weight excluding hydrogens is 262 g/mol. The summed E-state index contributed by atoms with van der Waals surface area (Å²) in [6, 6.07) is 12.5. The Morgan fingerprint density at radius 2 is 2.00 bits per heavy atom. The number of amides is 2. The second-order valence-corrected chi connectivity index (χ2v) is 5.64. The Morgan fingerprint density at radius 3 is 2.76 bits per heavy atom. The van der Waals surface area contributed by atoms with Crippen LogP contribution in [-0.2, 0) is 13.1 Å². The van der Waals surface area contributed by atoms with Gasteiger partial charge in [0.25, 0.3) is 0 Å². The lowest BCUT2D eigenvalue weighted by Gasteiger charge is -2.34. The van der Waals surface area contributed by atoms with E-state index in [-0.39, 0.29) is 12.1 Å². The van der Waals surface area contributed by atoms with Gasteiger partial charge in [0, 0.05) is 31.5 Å². The molecule has 1 N–H and O–H groups in total. The van der Waals surface area contributed by atoms with Crippen molar-refractivity contribution < 1.29 is 4.79 Å². The van der Waals surface area contributed by atoms with E-state index in [2.05, 4.69) is 60.3 Å². The molecule has 0 saturated heterocycles. The van der Waals surface area contributed by atoms with Gasteiger partial charge in [0.05, 0.1) is 6.04 Å². The van der Waals surface area contributed by atoms with Crippen molar-refractivity contribution in [2.45, 2.75) is 33.0 Å². The predicted molar refractivity (Wildman–Crippen MR) is 83.0 cm³/mol. The molecule has 1 aliphatic heterocycles. The molecule has 1 aromatic heterocycles. The van der Waals surface area contributed by atoms with E-state index in [1.807, 2.05) is 11.0 Å². The topological polar surface area (TPSA) is 37.3 Å². The molecule has 2 aromatic rings. The number of nitrogens with one attached hydrogen (secondary N) is 1. The third-order valence-corrected chi connectivity index (χ3v) is 4.17. The van der Waals surface area contributed by atoms with Crippen LogP contribution in [0.1, 0.15) is 29.8 Å². The predicted octanol–water partition coefficient (Wildman–Crippen LogP) is 3.08. The maximum atomic E-state index is 12.4. The Kier molecular flexibility index (Phi) is 3.69. The lowest BCUT2D eigenvalue weighted by molar-refractivity contribution is 0.162. The van der Waals surface area contributed by atoms with Gasteiger partial charge < -0.3 is 14.8 Å². The molecule has 1 unspecified atom stereocenters. The number of rotatable bonds is 2. The molecule has 4 nitrogen and oxygen atoms in total. The third-order valence-electron chi connectivity index (χ3n) is 4.17. The molecule has 4 heteroatoms. The second kappa shape index (κ2) is 5.64. The van der Waals surface area contributed by atoms with Crippen LogP contribution in [0.2, 0.25) is 0 Å².